The molecule has 0 saturated heterocycles. The van der Waals surface area contributed by atoms with E-state index in [2.05, 4.69) is 9.97 Å². The maximum absolute atomic E-state index is 12.8. The van der Waals surface area contributed by atoms with Crippen molar-refractivity contribution in [1.82, 2.24) is 19.1 Å². The van der Waals surface area contributed by atoms with E-state index in [1.807, 2.05) is 11.9 Å². The highest BCUT2D eigenvalue weighted by molar-refractivity contribution is 5.72. The molecule has 154 valence electrons. The lowest BCUT2D eigenvalue weighted by atomic mass is 9.82. The van der Waals surface area contributed by atoms with Crippen LogP contribution in [-0.2, 0) is 27.9 Å². The van der Waals surface area contributed by atoms with Crippen LogP contribution in [-0.4, -0.2) is 59.5 Å². The lowest BCUT2D eigenvalue weighted by Gasteiger charge is -2.27. The third-order valence-electron chi connectivity index (χ3n) is 5.67. The SMILES string of the molecule is COCCN(C)c1ncc2c(n1)n(CC1CCC(C(=O)OC)CC1)c(=O)n2C. The van der Waals surface area contributed by atoms with E-state index in [0.717, 1.165) is 31.2 Å². The first kappa shape index (κ1) is 20.3. The average Bonchev–Trinajstić information content (AvgIpc) is 2.96. The number of esters is 1. The minimum absolute atomic E-state index is 0.0196. The van der Waals surface area contributed by atoms with Crippen molar-refractivity contribution >= 4 is 23.1 Å². The number of aryl methyl sites for hydroxylation is 1. The number of likely N-dealkylation sites (N-methyl/N-ethyl adjacent to an activating group) is 1. The Balaban J connectivity index is 1.81. The fourth-order valence-electron chi connectivity index (χ4n) is 3.85. The zero-order chi connectivity index (χ0) is 20.3. The van der Waals surface area contributed by atoms with Gasteiger partial charge in [-0.3, -0.25) is 13.9 Å². The molecule has 2 aromatic rings. The molecule has 0 unspecified atom stereocenters. The van der Waals surface area contributed by atoms with E-state index in [0.29, 0.717) is 37.2 Å². The van der Waals surface area contributed by atoms with Crippen LogP contribution in [0.5, 0.6) is 0 Å². The van der Waals surface area contributed by atoms with Gasteiger partial charge in [-0.15, -0.1) is 0 Å². The first-order chi connectivity index (χ1) is 13.5. The van der Waals surface area contributed by atoms with Gasteiger partial charge in [0.1, 0.15) is 5.52 Å². The largest absolute Gasteiger partial charge is 0.469 e. The molecular weight excluding hydrogens is 362 g/mol. The maximum Gasteiger partial charge on any atom is 0.330 e. The lowest BCUT2D eigenvalue weighted by Crippen LogP contribution is -2.29. The van der Waals surface area contributed by atoms with Crippen LogP contribution in [0.1, 0.15) is 25.7 Å². The maximum atomic E-state index is 12.8. The van der Waals surface area contributed by atoms with E-state index in [1.54, 1.807) is 29.5 Å². The number of carbonyl (C=O) groups is 1. The van der Waals surface area contributed by atoms with Crippen LogP contribution in [0, 0.1) is 11.8 Å². The average molecular weight is 391 g/mol. The van der Waals surface area contributed by atoms with Gasteiger partial charge in [-0.2, -0.15) is 4.98 Å². The topological polar surface area (TPSA) is 91.5 Å². The van der Waals surface area contributed by atoms with Gasteiger partial charge in [-0.1, -0.05) is 0 Å². The molecule has 1 aliphatic carbocycles. The molecule has 2 heterocycles. The standard InChI is InChI=1S/C19H29N5O4/c1-22(9-10-27-3)18-20-11-15-16(21-18)24(19(26)23(15)2)12-13-5-7-14(8-6-13)17(25)28-4/h11,13-14H,5-10,12H2,1-4H3. The van der Waals surface area contributed by atoms with Crippen LogP contribution in [0.25, 0.3) is 11.2 Å². The number of anilines is 1. The number of hydrogen-bond acceptors (Lipinski definition) is 7. The van der Waals surface area contributed by atoms with Crippen LogP contribution in [0.15, 0.2) is 11.0 Å². The molecular formula is C19H29N5O4. The predicted molar refractivity (Wildman–Crippen MR) is 105 cm³/mol. The summed E-state index contributed by atoms with van der Waals surface area (Å²) >= 11 is 0. The van der Waals surface area contributed by atoms with Gasteiger partial charge >= 0.3 is 11.7 Å². The molecule has 0 aliphatic heterocycles. The van der Waals surface area contributed by atoms with Crippen molar-refractivity contribution in [3.05, 3.63) is 16.7 Å². The van der Waals surface area contributed by atoms with Gasteiger partial charge in [0, 0.05) is 34.3 Å². The number of imidazole rings is 1. The van der Waals surface area contributed by atoms with Crippen molar-refractivity contribution in [3.63, 3.8) is 0 Å². The van der Waals surface area contributed by atoms with Gasteiger partial charge < -0.3 is 14.4 Å². The summed E-state index contributed by atoms with van der Waals surface area (Å²) in [6.07, 6.45) is 5.10. The monoisotopic (exact) mass is 391 g/mol. The normalized spacial score (nSPS) is 19.7. The van der Waals surface area contributed by atoms with Crippen LogP contribution in [0.4, 0.5) is 5.95 Å². The Morgan fingerprint density at radius 2 is 2.00 bits per heavy atom. The number of aromatic nitrogens is 4. The third kappa shape index (κ3) is 4.04. The van der Waals surface area contributed by atoms with E-state index in [9.17, 15) is 9.59 Å². The second kappa shape index (κ2) is 8.72. The molecule has 0 amide bonds. The second-order valence-corrected chi connectivity index (χ2v) is 7.49. The minimum Gasteiger partial charge on any atom is -0.469 e. The fraction of sp³-hybridized carbons (Fsp3) is 0.684. The fourth-order valence-corrected chi connectivity index (χ4v) is 3.85. The van der Waals surface area contributed by atoms with Crippen molar-refractivity contribution in [2.75, 3.05) is 39.3 Å². The summed E-state index contributed by atoms with van der Waals surface area (Å²) in [5.41, 5.74) is 1.28. The van der Waals surface area contributed by atoms with E-state index in [-0.39, 0.29) is 17.6 Å². The molecule has 0 radical (unpaired) electrons. The predicted octanol–water partition coefficient (Wildman–Crippen LogP) is 1.19. The highest BCUT2D eigenvalue weighted by Gasteiger charge is 2.28. The van der Waals surface area contributed by atoms with Crippen molar-refractivity contribution < 1.29 is 14.3 Å². The molecule has 0 N–H and O–H groups in total. The highest BCUT2D eigenvalue weighted by atomic mass is 16.5. The molecule has 9 nitrogen and oxygen atoms in total. The van der Waals surface area contributed by atoms with Gasteiger partial charge in [0.15, 0.2) is 5.65 Å². The van der Waals surface area contributed by atoms with Crippen LogP contribution >= 0.6 is 0 Å². The Labute approximate surface area is 164 Å². The number of carbonyl (C=O) groups excluding carboxylic acids is 1. The lowest BCUT2D eigenvalue weighted by molar-refractivity contribution is -0.146. The molecule has 1 fully saturated rings. The molecule has 0 spiro atoms. The molecule has 0 atom stereocenters. The van der Waals surface area contributed by atoms with E-state index < -0.39 is 0 Å². The summed E-state index contributed by atoms with van der Waals surface area (Å²) in [5.74, 6) is 0.762. The molecule has 0 bridgehead atoms. The summed E-state index contributed by atoms with van der Waals surface area (Å²) in [6.45, 7) is 1.84. The quantitative estimate of drug-likeness (QED) is 0.655. The number of fused-ring (bicyclic) bond motifs is 1. The molecule has 2 aromatic heterocycles. The van der Waals surface area contributed by atoms with E-state index in [4.69, 9.17) is 9.47 Å². The van der Waals surface area contributed by atoms with Gasteiger partial charge in [0.05, 0.1) is 25.8 Å². The van der Waals surface area contributed by atoms with Crippen LogP contribution in [0.2, 0.25) is 0 Å². The van der Waals surface area contributed by atoms with E-state index >= 15 is 0 Å². The Morgan fingerprint density at radius 3 is 2.64 bits per heavy atom. The summed E-state index contributed by atoms with van der Waals surface area (Å²) in [7, 11) is 6.74. The zero-order valence-corrected chi connectivity index (χ0v) is 17.1. The third-order valence-corrected chi connectivity index (χ3v) is 5.67. The molecule has 1 saturated carbocycles. The Morgan fingerprint density at radius 1 is 1.29 bits per heavy atom. The Kier molecular flexibility index (Phi) is 6.33. The van der Waals surface area contributed by atoms with Gasteiger partial charge in [0.2, 0.25) is 5.95 Å². The first-order valence-electron chi connectivity index (χ1n) is 9.66. The number of hydrogen-bond donors (Lipinski definition) is 0. The number of ether oxygens (including phenoxy) is 2. The zero-order valence-electron chi connectivity index (χ0n) is 17.1. The van der Waals surface area contributed by atoms with Gasteiger partial charge in [-0.05, 0) is 31.6 Å². The summed E-state index contributed by atoms with van der Waals surface area (Å²) in [5, 5.41) is 0. The minimum atomic E-state index is -0.128. The molecule has 9 heteroatoms. The van der Waals surface area contributed by atoms with Gasteiger partial charge in [0.25, 0.3) is 0 Å². The number of nitrogens with zero attached hydrogens (tertiary/aromatic N) is 5. The first-order valence-corrected chi connectivity index (χ1v) is 9.66. The molecule has 0 aromatic carbocycles. The molecule has 28 heavy (non-hydrogen) atoms. The number of rotatable bonds is 7. The Hall–Kier alpha value is -2.42. The van der Waals surface area contributed by atoms with Crippen molar-refractivity contribution in [3.8, 4) is 0 Å². The van der Waals surface area contributed by atoms with E-state index in [1.165, 1.54) is 7.11 Å². The molecule has 3 rings (SSSR count). The Bertz CT molecular complexity index is 882. The summed E-state index contributed by atoms with van der Waals surface area (Å²) < 4.78 is 13.3. The van der Waals surface area contributed by atoms with Crippen molar-refractivity contribution in [1.29, 1.82) is 0 Å². The van der Waals surface area contributed by atoms with Crippen LogP contribution < -0.4 is 10.6 Å². The second-order valence-electron chi connectivity index (χ2n) is 7.49. The number of methoxy groups -OCH3 is 2. The van der Waals surface area contributed by atoms with Crippen LogP contribution in [0.3, 0.4) is 0 Å². The summed E-state index contributed by atoms with van der Waals surface area (Å²) in [4.78, 5) is 35.5. The smallest absolute Gasteiger partial charge is 0.330 e. The van der Waals surface area contributed by atoms with Crippen molar-refractivity contribution in [2.24, 2.45) is 18.9 Å². The molecule has 1 aliphatic rings. The van der Waals surface area contributed by atoms with Gasteiger partial charge in [-0.25, -0.2) is 9.78 Å². The van der Waals surface area contributed by atoms with Crippen molar-refractivity contribution in [2.45, 2.75) is 32.2 Å². The summed E-state index contributed by atoms with van der Waals surface area (Å²) in [6, 6.07) is 0. The highest BCUT2D eigenvalue weighted by Crippen LogP contribution is 2.31.